The highest BCUT2D eigenvalue weighted by Crippen LogP contribution is 2.52. The predicted octanol–water partition coefficient (Wildman–Crippen LogP) is 13.0. The van der Waals surface area contributed by atoms with Gasteiger partial charge in [0.25, 0.3) is 0 Å². The van der Waals surface area contributed by atoms with Gasteiger partial charge in [-0.25, -0.2) is 9.97 Å². The third-order valence-corrected chi connectivity index (χ3v) is 10.7. The van der Waals surface area contributed by atoms with E-state index in [4.69, 9.17) is 14.4 Å². The lowest BCUT2D eigenvalue weighted by Gasteiger charge is -2.24. The monoisotopic (exact) mass is 666 g/mol. The zero-order valence-electron chi connectivity index (χ0n) is 29.0. The largest absolute Gasteiger partial charge is 0.455 e. The van der Waals surface area contributed by atoms with Gasteiger partial charge in [-0.05, 0) is 62.7 Å². The highest BCUT2D eigenvalue weighted by molar-refractivity contribution is 6.09. The Balaban J connectivity index is 1.10. The van der Waals surface area contributed by atoms with E-state index in [0.29, 0.717) is 5.82 Å². The molecule has 0 aliphatic heterocycles. The number of hydrogen-bond donors (Lipinski definition) is 0. The minimum atomic E-state index is -0.0919. The van der Waals surface area contributed by atoms with Crippen molar-refractivity contribution in [3.05, 3.63) is 181 Å². The Hall–Kier alpha value is -6.58. The quantitative estimate of drug-likeness (QED) is 0.183. The standard InChI is InChI=1S/C49H34N2O/c1-49(2)42-20-8-6-14-37(42)39-17-10-16-36(46(39)49)33-24-28-35(29-25-33)44-30-43(34-26-22-32(23-27-34)31-12-4-3-5-13-31)50-48(51-44)41-19-11-18-40-38-15-7-9-21-45(38)52-47(40)41/h3-30H,1-2H3. The molecule has 9 aromatic rings. The number of benzene rings is 7. The Morgan fingerprint density at radius 1 is 0.423 bits per heavy atom. The molecule has 0 fully saturated rings. The van der Waals surface area contributed by atoms with E-state index >= 15 is 0 Å². The molecule has 0 atom stereocenters. The summed E-state index contributed by atoms with van der Waals surface area (Å²) in [4.78, 5) is 10.4. The van der Waals surface area contributed by atoms with Gasteiger partial charge in [-0.3, -0.25) is 0 Å². The van der Waals surface area contributed by atoms with Gasteiger partial charge in [0.2, 0.25) is 0 Å². The van der Waals surface area contributed by atoms with Crippen LogP contribution in [0, 0.1) is 0 Å². The molecule has 0 unspecified atom stereocenters. The van der Waals surface area contributed by atoms with Gasteiger partial charge in [-0.15, -0.1) is 0 Å². The molecule has 0 saturated heterocycles. The molecule has 1 aliphatic rings. The summed E-state index contributed by atoms with van der Waals surface area (Å²) in [5.41, 5.74) is 16.4. The second kappa shape index (κ2) is 11.8. The lowest BCUT2D eigenvalue weighted by molar-refractivity contribution is 0.662. The summed E-state index contributed by atoms with van der Waals surface area (Å²) < 4.78 is 6.46. The van der Waals surface area contributed by atoms with E-state index in [2.05, 4.69) is 159 Å². The number of nitrogens with zero attached hydrogens (tertiary/aromatic N) is 2. The number of aromatic nitrogens is 2. The van der Waals surface area contributed by atoms with Gasteiger partial charge in [0.1, 0.15) is 11.2 Å². The molecule has 2 aromatic heterocycles. The third-order valence-electron chi connectivity index (χ3n) is 10.7. The molecular formula is C49H34N2O. The summed E-state index contributed by atoms with van der Waals surface area (Å²) in [5, 5.41) is 2.14. The second-order valence-corrected chi connectivity index (χ2v) is 14.2. The lowest BCUT2D eigenvalue weighted by Crippen LogP contribution is -2.16. The maximum absolute atomic E-state index is 6.46. The van der Waals surface area contributed by atoms with Crippen LogP contribution in [0.15, 0.2) is 174 Å². The van der Waals surface area contributed by atoms with Crippen LogP contribution in [0.5, 0.6) is 0 Å². The van der Waals surface area contributed by atoms with Crippen molar-refractivity contribution in [2.75, 3.05) is 0 Å². The Labute approximate surface area is 302 Å². The van der Waals surface area contributed by atoms with Crippen molar-refractivity contribution in [1.29, 1.82) is 0 Å². The highest BCUT2D eigenvalue weighted by Gasteiger charge is 2.37. The van der Waals surface area contributed by atoms with Gasteiger partial charge in [0.15, 0.2) is 5.82 Å². The molecule has 1 aliphatic carbocycles. The van der Waals surface area contributed by atoms with Crippen LogP contribution in [0.4, 0.5) is 0 Å². The van der Waals surface area contributed by atoms with Crippen LogP contribution >= 0.6 is 0 Å². The van der Waals surface area contributed by atoms with E-state index in [1.807, 2.05) is 24.3 Å². The van der Waals surface area contributed by atoms with Gasteiger partial charge in [-0.1, -0.05) is 166 Å². The second-order valence-electron chi connectivity index (χ2n) is 14.2. The van der Waals surface area contributed by atoms with Crippen LogP contribution in [-0.2, 0) is 5.41 Å². The molecule has 0 saturated carbocycles. The maximum Gasteiger partial charge on any atom is 0.164 e. The summed E-state index contributed by atoms with van der Waals surface area (Å²) >= 11 is 0. The Bertz CT molecular complexity index is 2790. The number of rotatable bonds is 5. The van der Waals surface area contributed by atoms with E-state index < -0.39 is 0 Å². The smallest absolute Gasteiger partial charge is 0.164 e. The van der Waals surface area contributed by atoms with Crippen molar-refractivity contribution in [1.82, 2.24) is 9.97 Å². The minimum Gasteiger partial charge on any atom is -0.455 e. The van der Waals surface area contributed by atoms with Crippen molar-refractivity contribution in [3.63, 3.8) is 0 Å². The molecule has 0 amide bonds. The molecule has 0 spiro atoms. The van der Waals surface area contributed by atoms with Crippen molar-refractivity contribution in [3.8, 4) is 67.3 Å². The van der Waals surface area contributed by atoms with Gasteiger partial charge >= 0.3 is 0 Å². The van der Waals surface area contributed by atoms with Crippen LogP contribution in [0.25, 0.3) is 89.2 Å². The molecule has 52 heavy (non-hydrogen) atoms. The molecule has 10 rings (SSSR count). The average molecular weight is 667 g/mol. The number of hydrogen-bond acceptors (Lipinski definition) is 3. The molecule has 3 heteroatoms. The fourth-order valence-electron chi connectivity index (χ4n) is 8.16. The van der Waals surface area contributed by atoms with E-state index in [1.54, 1.807) is 0 Å². The minimum absolute atomic E-state index is 0.0919. The summed E-state index contributed by atoms with van der Waals surface area (Å²) in [7, 11) is 0. The third kappa shape index (κ3) is 4.81. The van der Waals surface area contributed by atoms with Crippen LogP contribution < -0.4 is 0 Å². The molecule has 2 heterocycles. The van der Waals surface area contributed by atoms with Gasteiger partial charge in [-0.2, -0.15) is 0 Å². The Morgan fingerprint density at radius 2 is 0.962 bits per heavy atom. The van der Waals surface area contributed by atoms with E-state index in [-0.39, 0.29) is 5.41 Å². The van der Waals surface area contributed by atoms with E-state index in [9.17, 15) is 0 Å². The maximum atomic E-state index is 6.46. The van der Waals surface area contributed by atoms with Crippen molar-refractivity contribution >= 4 is 21.9 Å². The van der Waals surface area contributed by atoms with E-state index in [1.165, 1.54) is 44.5 Å². The van der Waals surface area contributed by atoms with Gasteiger partial charge in [0.05, 0.1) is 17.0 Å². The number of furan rings is 1. The topological polar surface area (TPSA) is 38.9 Å². The number of para-hydroxylation sites is 2. The zero-order chi connectivity index (χ0) is 34.8. The van der Waals surface area contributed by atoms with Gasteiger partial charge < -0.3 is 4.42 Å². The first-order chi connectivity index (χ1) is 25.5. The fourth-order valence-corrected chi connectivity index (χ4v) is 8.16. The summed E-state index contributed by atoms with van der Waals surface area (Å²) in [5.74, 6) is 0.633. The molecular weight excluding hydrogens is 633 g/mol. The zero-order valence-corrected chi connectivity index (χ0v) is 29.0. The summed E-state index contributed by atoms with van der Waals surface area (Å²) in [6, 6.07) is 60.0. The Morgan fingerprint density at radius 3 is 1.73 bits per heavy atom. The Kier molecular flexibility index (Phi) is 6.84. The average Bonchev–Trinajstić information content (AvgIpc) is 3.70. The SMILES string of the molecule is CC1(C)c2ccccc2-c2cccc(-c3ccc(-c4cc(-c5ccc(-c6ccccc6)cc5)nc(-c5cccc6c5oc5ccccc56)n4)cc3)c21. The van der Waals surface area contributed by atoms with Crippen LogP contribution in [-0.4, -0.2) is 9.97 Å². The normalized spacial score (nSPS) is 13.0. The summed E-state index contributed by atoms with van der Waals surface area (Å²) in [6.45, 7) is 4.68. The van der Waals surface area contributed by atoms with E-state index in [0.717, 1.165) is 50.0 Å². The first-order valence-electron chi connectivity index (χ1n) is 17.8. The highest BCUT2D eigenvalue weighted by atomic mass is 16.3. The molecule has 0 radical (unpaired) electrons. The lowest BCUT2D eigenvalue weighted by atomic mass is 9.79. The fraction of sp³-hybridized carbons (Fsp3) is 0.0612. The van der Waals surface area contributed by atoms with Crippen LogP contribution in [0.3, 0.4) is 0 Å². The first-order valence-corrected chi connectivity index (χ1v) is 17.8. The van der Waals surface area contributed by atoms with Crippen molar-refractivity contribution in [2.45, 2.75) is 19.3 Å². The van der Waals surface area contributed by atoms with Crippen molar-refractivity contribution < 1.29 is 4.42 Å². The van der Waals surface area contributed by atoms with Gasteiger partial charge in [0, 0.05) is 27.3 Å². The predicted molar refractivity (Wildman–Crippen MR) is 214 cm³/mol. The molecule has 246 valence electrons. The molecule has 7 aromatic carbocycles. The first kappa shape index (κ1) is 30.3. The van der Waals surface area contributed by atoms with Crippen molar-refractivity contribution in [2.24, 2.45) is 0 Å². The van der Waals surface area contributed by atoms with Crippen LogP contribution in [0.1, 0.15) is 25.0 Å². The molecule has 0 N–H and O–H groups in total. The summed E-state index contributed by atoms with van der Waals surface area (Å²) in [6.07, 6.45) is 0. The molecule has 0 bridgehead atoms. The van der Waals surface area contributed by atoms with Crippen LogP contribution in [0.2, 0.25) is 0 Å². The number of fused-ring (bicyclic) bond motifs is 6. The molecule has 3 nitrogen and oxygen atoms in total.